The lowest BCUT2D eigenvalue weighted by Gasteiger charge is -2.07. The maximum Gasteiger partial charge on any atom is 0.248 e. The number of nitrogens with zero attached hydrogens (tertiary/aromatic N) is 3. The highest BCUT2D eigenvalue weighted by Gasteiger charge is 2.16. The number of aromatic amines is 1. The molecule has 0 saturated carbocycles. The van der Waals surface area contributed by atoms with Crippen LogP contribution in [0.1, 0.15) is 5.82 Å². The Labute approximate surface area is 124 Å². The lowest BCUT2D eigenvalue weighted by atomic mass is 10.3. The maximum absolute atomic E-state index is 14.2. The minimum Gasteiger partial charge on any atom is -0.319 e. The van der Waals surface area contributed by atoms with Crippen LogP contribution in [0.3, 0.4) is 0 Å². The number of aryl methyl sites for hydroxylation is 1. The summed E-state index contributed by atoms with van der Waals surface area (Å²) < 4.78 is 15.5. The standard InChI is InChI=1S/C14H10ClFN4O/c1-8-17-14(10-5-3-7-12(21)18-10)20(19-8)11-6-2-4-9(15)13(11)16/h2-7H,1H3,(H,18,21). The van der Waals surface area contributed by atoms with Crippen molar-refractivity contribution in [1.82, 2.24) is 19.7 Å². The number of halogens is 2. The molecule has 2 aromatic heterocycles. The Bertz CT molecular complexity index is 871. The van der Waals surface area contributed by atoms with E-state index in [1.54, 1.807) is 31.2 Å². The van der Waals surface area contributed by atoms with Gasteiger partial charge in [-0.3, -0.25) is 4.79 Å². The second-order valence-electron chi connectivity index (χ2n) is 4.40. The molecule has 106 valence electrons. The number of nitrogens with one attached hydrogen (secondary N) is 1. The average Bonchev–Trinajstić information content (AvgIpc) is 2.84. The van der Waals surface area contributed by atoms with Gasteiger partial charge in [-0.15, -0.1) is 0 Å². The molecule has 0 aliphatic rings. The van der Waals surface area contributed by atoms with Gasteiger partial charge in [-0.25, -0.2) is 14.1 Å². The van der Waals surface area contributed by atoms with Crippen molar-refractivity contribution in [3.8, 4) is 17.2 Å². The van der Waals surface area contributed by atoms with E-state index < -0.39 is 5.82 Å². The lowest BCUT2D eigenvalue weighted by Crippen LogP contribution is -2.08. The van der Waals surface area contributed by atoms with Gasteiger partial charge in [-0.05, 0) is 25.1 Å². The van der Waals surface area contributed by atoms with E-state index in [0.29, 0.717) is 17.3 Å². The van der Waals surface area contributed by atoms with E-state index in [0.717, 1.165) is 0 Å². The molecule has 21 heavy (non-hydrogen) atoms. The van der Waals surface area contributed by atoms with Crippen molar-refractivity contribution in [2.24, 2.45) is 0 Å². The first-order valence-corrected chi connectivity index (χ1v) is 6.52. The van der Waals surface area contributed by atoms with Crippen molar-refractivity contribution in [2.75, 3.05) is 0 Å². The van der Waals surface area contributed by atoms with E-state index in [2.05, 4.69) is 15.1 Å². The Morgan fingerprint density at radius 1 is 1.24 bits per heavy atom. The Kier molecular flexibility index (Phi) is 3.31. The molecule has 0 amide bonds. The normalized spacial score (nSPS) is 10.8. The van der Waals surface area contributed by atoms with Gasteiger partial charge in [0.15, 0.2) is 11.6 Å². The molecule has 0 unspecified atom stereocenters. The fraction of sp³-hybridized carbons (Fsp3) is 0.0714. The van der Waals surface area contributed by atoms with Crippen molar-refractivity contribution in [2.45, 2.75) is 6.92 Å². The van der Waals surface area contributed by atoms with Crippen LogP contribution < -0.4 is 5.56 Å². The van der Waals surface area contributed by atoms with Crippen LogP contribution in [0.25, 0.3) is 17.2 Å². The van der Waals surface area contributed by atoms with Crippen molar-refractivity contribution in [3.05, 3.63) is 63.4 Å². The number of rotatable bonds is 2. The molecule has 7 heteroatoms. The van der Waals surface area contributed by atoms with Gasteiger partial charge < -0.3 is 4.98 Å². The molecule has 0 atom stereocenters. The molecule has 0 spiro atoms. The average molecular weight is 305 g/mol. The molecule has 3 rings (SSSR count). The predicted octanol–water partition coefficient (Wildman–Crippen LogP) is 2.72. The molecule has 2 heterocycles. The van der Waals surface area contributed by atoms with Gasteiger partial charge in [0.2, 0.25) is 5.56 Å². The quantitative estimate of drug-likeness (QED) is 0.792. The number of pyridine rings is 1. The third kappa shape index (κ3) is 2.45. The summed E-state index contributed by atoms with van der Waals surface area (Å²) in [5.41, 5.74) is 0.344. The summed E-state index contributed by atoms with van der Waals surface area (Å²) in [4.78, 5) is 18.3. The molecule has 0 radical (unpaired) electrons. The summed E-state index contributed by atoms with van der Waals surface area (Å²) in [6, 6.07) is 9.26. The summed E-state index contributed by atoms with van der Waals surface area (Å²) >= 11 is 5.80. The molecule has 1 N–H and O–H groups in total. The van der Waals surface area contributed by atoms with E-state index in [1.165, 1.54) is 16.8 Å². The van der Waals surface area contributed by atoms with Crippen LogP contribution in [0.5, 0.6) is 0 Å². The molecule has 5 nitrogen and oxygen atoms in total. The molecule has 0 fully saturated rings. The number of hydrogen-bond donors (Lipinski definition) is 1. The summed E-state index contributed by atoms with van der Waals surface area (Å²) in [5.74, 6) is 0.198. The summed E-state index contributed by atoms with van der Waals surface area (Å²) in [6.45, 7) is 1.68. The Morgan fingerprint density at radius 2 is 2.00 bits per heavy atom. The maximum atomic E-state index is 14.2. The lowest BCUT2D eigenvalue weighted by molar-refractivity contribution is 0.611. The number of benzene rings is 1. The predicted molar refractivity (Wildman–Crippen MR) is 77.1 cm³/mol. The summed E-state index contributed by atoms with van der Waals surface area (Å²) in [7, 11) is 0. The monoisotopic (exact) mass is 304 g/mol. The smallest absolute Gasteiger partial charge is 0.248 e. The zero-order valence-electron chi connectivity index (χ0n) is 11.0. The second-order valence-corrected chi connectivity index (χ2v) is 4.80. The van der Waals surface area contributed by atoms with Gasteiger partial charge in [0.25, 0.3) is 0 Å². The highest BCUT2D eigenvalue weighted by atomic mass is 35.5. The molecule has 0 bridgehead atoms. The topological polar surface area (TPSA) is 63.6 Å². The van der Waals surface area contributed by atoms with Gasteiger partial charge in [-0.1, -0.05) is 23.7 Å². The van der Waals surface area contributed by atoms with Crippen molar-refractivity contribution < 1.29 is 4.39 Å². The van der Waals surface area contributed by atoms with Crippen LogP contribution in [0.2, 0.25) is 5.02 Å². The first kappa shape index (κ1) is 13.5. The van der Waals surface area contributed by atoms with Crippen LogP contribution in [-0.4, -0.2) is 19.7 Å². The molecule has 3 aromatic rings. The van der Waals surface area contributed by atoms with Gasteiger partial charge in [0.1, 0.15) is 11.5 Å². The van der Waals surface area contributed by atoms with Gasteiger partial charge in [-0.2, -0.15) is 5.10 Å². The minimum absolute atomic E-state index is 0.00633. The highest BCUT2D eigenvalue weighted by Crippen LogP contribution is 2.24. The first-order valence-electron chi connectivity index (χ1n) is 6.14. The highest BCUT2D eigenvalue weighted by molar-refractivity contribution is 6.30. The fourth-order valence-electron chi connectivity index (χ4n) is 1.99. The Hall–Kier alpha value is -2.47. The third-order valence-electron chi connectivity index (χ3n) is 2.88. The second kappa shape index (κ2) is 5.14. The van der Waals surface area contributed by atoms with Crippen LogP contribution in [0, 0.1) is 12.7 Å². The summed E-state index contributed by atoms with van der Waals surface area (Å²) in [5, 5.41) is 4.17. The largest absolute Gasteiger partial charge is 0.319 e. The van der Waals surface area contributed by atoms with E-state index in [1.807, 2.05) is 0 Å². The zero-order chi connectivity index (χ0) is 15.0. The van der Waals surface area contributed by atoms with E-state index in [4.69, 9.17) is 11.6 Å². The number of hydrogen-bond acceptors (Lipinski definition) is 3. The fourth-order valence-corrected chi connectivity index (χ4v) is 2.16. The van der Waals surface area contributed by atoms with E-state index in [-0.39, 0.29) is 16.3 Å². The van der Waals surface area contributed by atoms with Crippen LogP contribution in [0.15, 0.2) is 41.2 Å². The van der Waals surface area contributed by atoms with Gasteiger partial charge >= 0.3 is 0 Å². The zero-order valence-corrected chi connectivity index (χ0v) is 11.7. The molecular weight excluding hydrogens is 295 g/mol. The molecular formula is C14H10ClFN4O. The first-order chi connectivity index (χ1) is 10.1. The minimum atomic E-state index is -0.594. The van der Waals surface area contributed by atoms with Crippen LogP contribution in [0.4, 0.5) is 4.39 Å². The van der Waals surface area contributed by atoms with Crippen molar-refractivity contribution in [3.63, 3.8) is 0 Å². The summed E-state index contributed by atoms with van der Waals surface area (Å²) in [6.07, 6.45) is 0. The van der Waals surface area contributed by atoms with Gasteiger partial charge in [0, 0.05) is 6.07 Å². The van der Waals surface area contributed by atoms with Crippen molar-refractivity contribution >= 4 is 11.6 Å². The number of aromatic nitrogens is 4. The molecule has 1 aromatic carbocycles. The van der Waals surface area contributed by atoms with Crippen molar-refractivity contribution in [1.29, 1.82) is 0 Å². The third-order valence-corrected chi connectivity index (χ3v) is 3.17. The van der Waals surface area contributed by atoms with E-state index >= 15 is 0 Å². The Balaban J connectivity index is 2.25. The Morgan fingerprint density at radius 3 is 2.76 bits per heavy atom. The van der Waals surface area contributed by atoms with Gasteiger partial charge in [0.05, 0.1) is 10.7 Å². The van der Waals surface area contributed by atoms with Crippen LogP contribution >= 0.6 is 11.6 Å². The number of H-pyrrole nitrogens is 1. The molecule has 0 saturated heterocycles. The molecule has 0 aliphatic carbocycles. The van der Waals surface area contributed by atoms with Crippen LogP contribution in [-0.2, 0) is 0 Å². The molecule has 0 aliphatic heterocycles. The van der Waals surface area contributed by atoms with E-state index in [9.17, 15) is 9.18 Å². The SMILES string of the molecule is Cc1nc(-c2cccc(=O)[nH]2)n(-c2cccc(Cl)c2F)n1.